The molecular weight excluding hydrogens is 531 g/mol. The van der Waals surface area contributed by atoms with Crippen LogP contribution in [0.3, 0.4) is 0 Å². The van der Waals surface area contributed by atoms with Crippen molar-refractivity contribution < 1.29 is 23.6 Å². The molecule has 1 unspecified atom stereocenters. The molecule has 0 spiro atoms. The first-order chi connectivity index (χ1) is 18.5. The highest BCUT2D eigenvalue weighted by Gasteiger charge is 2.35. The maximum atomic E-state index is 13.5. The van der Waals surface area contributed by atoms with Gasteiger partial charge in [-0.1, -0.05) is 11.3 Å². The molecule has 1 atom stereocenters. The van der Waals surface area contributed by atoms with Gasteiger partial charge in [0.2, 0.25) is 5.95 Å². The molecule has 0 bridgehead atoms. The zero-order valence-corrected chi connectivity index (χ0v) is 21.9. The van der Waals surface area contributed by atoms with Crippen LogP contribution in [-0.4, -0.2) is 58.7 Å². The van der Waals surface area contributed by atoms with E-state index in [1.54, 1.807) is 30.4 Å². The lowest BCUT2D eigenvalue weighted by Gasteiger charge is -2.28. The zero-order valence-electron chi connectivity index (χ0n) is 21.1. The zero-order chi connectivity index (χ0) is 27.9. The van der Waals surface area contributed by atoms with Gasteiger partial charge in [-0.25, -0.2) is 24.4 Å². The molecule has 13 nitrogen and oxygen atoms in total. The summed E-state index contributed by atoms with van der Waals surface area (Å²) in [6, 6.07) is 5.20. The molecule has 0 saturated carbocycles. The number of nitrogens with one attached hydrogen (secondary N) is 1. The largest absolute Gasteiger partial charge is 0.444 e. The smallest absolute Gasteiger partial charge is 0.412 e. The molecule has 202 valence electrons. The molecule has 4 aromatic rings. The molecule has 1 fully saturated rings. The van der Waals surface area contributed by atoms with E-state index in [9.17, 15) is 24.1 Å². The van der Waals surface area contributed by atoms with E-state index in [0.29, 0.717) is 36.0 Å². The fraction of sp³-hybridized carbons (Fsp3) is 0.333. The van der Waals surface area contributed by atoms with E-state index in [-0.39, 0.29) is 21.5 Å². The van der Waals surface area contributed by atoms with Gasteiger partial charge in [-0.05, 0) is 51.8 Å². The summed E-state index contributed by atoms with van der Waals surface area (Å²) in [5.41, 5.74) is 0.0105. The lowest BCUT2D eigenvalue weighted by molar-refractivity contribution is -0.380. The van der Waals surface area contributed by atoms with Gasteiger partial charge in [0.05, 0.1) is 21.4 Å². The predicted octanol–water partition coefficient (Wildman–Crippen LogP) is 4.78. The Hall–Kier alpha value is -4.53. The normalized spacial score (nSPS) is 15.5. The molecular formula is C24H23FN8O5S. The minimum Gasteiger partial charge on any atom is -0.444 e. The summed E-state index contributed by atoms with van der Waals surface area (Å²) < 4.78 is 20.6. The second-order valence-electron chi connectivity index (χ2n) is 9.74. The standard InChI is InChI=1S/C24H23FN8O5S/c1-24(2,3)38-23(35)31-10-4-5-17(31)32-21-14(12-27-32)20(28-19(29-21)13-6-8-16(25)26-11-13)30-22(34)15-7-9-18(39-15)33(36)37/h6-9,11-12,17H,4-5,10H2,1-3H3,(H,28,29,30,34). The van der Waals surface area contributed by atoms with Gasteiger partial charge in [-0.3, -0.25) is 19.8 Å². The lowest BCUT2D eigenvalue weighted by atomic mass is 10.2. The predicted molar refractivity (Wildman–Crippen MR) is 139 cm³/mol. The Morgan fingerprint density at radius 2 is 2.00 bits per heavy atom. The van der Waals surface area contributed by atoms with Crippen LogP contribution in [0, 0.1) is 16.1 Å². The van der Waals surface area contributed by atoms with Crippen LogP contribution in [0.25, 0.3) is 22.4 Å². The van der Waals surface area contributed by atoms with E-state index in [1.807, 2.05) is 0 Å². The Kier molecular flexibility index (Phi) is 6.68. The van der Waals surface area contributed by atoms with Gasteiger partial charge in [0.1, 0.15) is 17.6 Å². The van der Waals surface area contributed by atoms with Crippen LogP contribution in [0.1, 0.15) is 49.5 Å². The number of hydrogen-bond donors (Lipinski definition) is 1. The third kappa shape index (κ3) is 5.38. The Morgan fingerprint density at radius 3 is 2.67 bits per heavy atom. The number of anilines is 1. The summed E-state index contributed by atoms with van der Waals surface area (Å²) in [5.74, 6) is -1.07. The first-order valence-electron chi connectivity index (χ1n) is 11.9. The molecule has 1 aliphatic rings. The molecule has 0 aliphatic carbocycles. The highest BCUT2D eigenvalue weighted by molar-refractivity contribution is 7.17. The molecule has 1 saturated heterocycles. The Balaban J connectivity index is 1.57. The highest BCUT2D eigenvalue weighted by Crippen LogP contribution is 2.33. The molecule has 4 aromatic heterocycles. The summed E-state index contributed by atoms with van der Waals surface area (Å²) in [6.07, 6.45) is 3.04. The summed E-state index contributed by atoms with van der Waals surface area (Å²) in [7, 11) is 0. The van der Waals surface area contributed by atoms with Crippen molar-refractivity contribution in [2.75, 3.05) is 11.9 Å². The summed E-state index contributed by atoms with van der Waals surface area (Å²) >= 11 is 0.724. The topological polar surface area (TPSA) is 158 Å². The third-order valence-electron chi connectivity index (χ3n) is 5.80. The first kappa shape index (κ1) is 26.1. The summed E-state index contributed by atoms with van der Waals surface area (Å²) in [6.45, 7) is 5.81. The van der Waals surface area contributed by atoms with Gasteiger partial charge < -0.3 is 10.1 Å². The van der Waals surface area contributed by atoms with Crippen molar-refractivity contribution >= 4 is 45.2 Å². The average molecular weight is 555 g/mol. The van der Waals surface area contributed by atoms with Crippen LogP contribution >= 0.6 is 11.3 Å². The van der Waals surface area contributed by atoms with Crippen LogP contribution in [-0.2, 0) is 4.74 Å². The fourth-order valence-corrected chi connectivity index (χ4v) is 4.85. The molecule has 2 amide bonds. The number of thiophene rings is 1. The number of aromatic nitrogens is 5. The van der Waals surface area contributed by atoms with Gasteiger partial charge in [-0.15, -0.1) is 0 Å². The van der Waals surface area contributed by atoms with Crippen molar-refractivity contribution in [3.05, 3.63) is 57.6 Å². The number of halogens is 1. The molecule has 0 radical (unpaired) electrons. The first-order valence-corrected chi connectivity index (χ1v) is 12.7. The van der Waals surface area contributed by atoms with E-state index >= 15 is 0 Å². The van der Waals surface area contributed by atoms with E-state index in [1.165, 1.54) is 30.6 Å². The fourth-order valence-electron chi connectivity index (χ4n) is 4.13. The van der Waals surface area contributed by atoms with Gasteiger partial charge in [0.15, 0.2) is 11.5 Å². The van der Waals surface area contributed by atoms with E-state index in [4.69, 9.17) is 4.74 Å². The number of carbonyl (C=O) groups is 2. The van der Waals surface area contributed by atoms with Crippen molar-refractivity contribution in [2.24, 2.45) is 0 Å². The summed E-state index contributed by atoms with van der Waals surface area (Å²) in [5, 5.41) is 18.4. The number of likely N-dealkylation sites (tertiary alicyclic amines) is 1. The molecule has 5 heterocycles. The monoisotopic (exact) mass is 554 g/mol. The van der Waals surface area contributed by atoms with Crippen LogP contribution in [0.5, 0.6) is 0 Å². The van der Waals surface area contributed by atoms with Crippen molar-refractivity contribution in [1.82, 2.24) is 29.6 Å². The SMILES string of the molecule is CC(C)(C)OC(=O)N1CCCC1n1ncc2c(NC(=O)c3ccc([N+](=O)[O-])s3)nc(-c3ccc(F)nc3)nc21. The van der Waals surface area contributed by atoms with Crippen LogP contribution in [0.4, 0.5) is 20.0 Å². The quantitative estimate of drug-likeness (QED) is 0.208. The molecule has 39 heavy (non-hydrogen) atoms. The molecule has 1 N–H and O–H groups in total. The number of nitro groups is 1. The lowest BCUT2D eigenvalue weighted by Crippen LogP contribution is -2.38. The number of nitrogens with zero attached hydrogens (tertiary/aromatic N) is 7. The summed E-state index contributed by atoms with van der Waals surface area (Å²) in [4.78, 5) is 50.8. The van der Waals surface area contributed by atoms with Crippen molar-refractivity contribution in [3.63, 3.8) is 0 Å². The number of fused-ring (bicyclic) bond motifs is 1. The number of amides is 2. The maximum absolute atomic E-state index is 13.5. The number of pyridine rings is 1. The van der Waals surface area contributed by atoms with Crippen LogP contribution < -0.4 is 5.32 Å². The number of rotatable bonds is 5. The van der Waals surface area contributed by atoms with E-state index in [2.05, 4.69) is 25.4 Å². The van der Waals surface area contributed by atoms with Crippen LogP contribution in [0.2, 0.25) is 0 Å². The average Bonchev–Trinajstić information content (AvgIpc) is 3.62. The minimum absolute atomic E-state index is 0.0912. The maximum Gasteiger partial charge on any atom is 0.412 e. The highest BCUT2D eigenvalue weighted by atomic mass is 32.1. The molecule has 5 rings (SSSR count). The Bertz CT molecular complexity index is 1580. The Labute approximate surface area is 224 Å². The van der Waals surface area contributed by atoms with E-state index < -0.39 is 34.6 Å². The number of carbonyl (C=O) groups excluding carboxylic acids is 2. The molecule has 0 aromatic carbocycles. The van der Waals surface area contributed by atoms with Gasteiger partial charge in [0.25, 0.3) is 5.91 Å². The van der Waals surface area contributed by atoms with Gasteiger partial charge in [-0.2, -0.15) is 9.49 Å². The van der Waals surface area contributed by atoms with Crippen molar-refractivity contribution in [2.45, 2.75) is 45.4 Å². The van der Waals surface area contributed by atoms with Crippen LogP contribution in [0.15, 0.2) is 36.7 Å². The second kappa shape index (κ2) is 9.98. The second-order valence-corrected chi connectivity index (χ2v) is 10.8. The van der Waals surface area contributed by atoms with E-state index in [0.717, 1.165) is 17.4 Å². The van der Waals surface area contributed by atoms with Crippen molar-refractivity contribution in [3.8, 4) is 11.4 Å². The molecule has 1 aliphatic heterocycles. The Morgan fingerprint density at radius 1 is 1.21 bits per heavy atom. The van der Waals surface area contributed by atoms with Crippen molar-refractivity contribution in [1.29, 1.82) is 0 Å². The van der Waals surface area contributed by atoms with Gasteiger partial charge >= 0.3 is 11.1 Å². The number of hydrogen-bond acceptors (Lipinski definition) is 10. The third-order valence-corrected chi connectivity index (χ3v) is 6.83. The molecule has 15 heteroatoms. The van der Waals surface area contributed by atoms with Gasteiger partial charge in [0, 0.05) is 24.4 Å². The minimum atomic E-state index is -0.685. The number of ether oxygens (including phenoxy) is 1.